The molecule has 0 aliphatic heterocycles. The van der Waals surface area contributed by atoms with Gasteiger partial charge in [0, 0.05) is 44.7 Å². The van der Waals surface area contributed by atoms with Gasteiger partial charge in [-0.15, -0.1) is 11.3 Å². The lowest BCUT2D eigenvalue weighted by Crippen LogP contribution is -2.18. The fraction of sp³-hybridized carbons (Fsp3) is 0.462. The van der Waals surface area contributed by atoms with Gasteiger partial charge in [-0.3, -0.25) is 4.68 Å². The lowest BCUT2D eigenvalue weighted by atomic mass is 10.2. The molecule has 2 rings (SSSR count). The highest BCUT2D eigenvalue weighted by molar-refractivity contribution is 9.11. The molecule has 0 amide bonds. The van der Waals surface area contributed by atoms with Gasteiger partial charge in [0.05, 0.1) is 9.48 Å². The van der Waals surface area contributed by atoms with Crippen molar-refractivity contribution in [2.24, 2.45) is 7.05 Å². The Hall–Kier alpha value is -0.850. The van der Waals surface area contributed by atoms with E-state index in [0.29, 0.717) is 0 Å². The smallest absolute Gasteiger partial charge is 0.130 e. The van der Waals surface area contributed by atoms with Crippen molar-refractivity contribution in [2.45, 2.75) is 20.0 Å². The Morgan fingerprint density at radius 1 is 1.37 bits per heavy atom. The average Bonchev–Trinajstić information content (AvgIpc) is 2.84. The molecule has 6 heteroatoms. The van der Waals surface area contributed by atoms with E-state index < -0.39 is 0 Å². The Kier molecular flexibility index (Phi) is 4.65. The van der Waals surface area contributed by atoms with Gasteiger partial charge in [-0.2, -0.15) is 5.10 Å². The van der Waals surface area contributed by atoms with E-state index in [1.165, 1.54) is 14.2 Å². The van der Waals surface area contributed by atoms with Crippen LogP contribution in [0.5, 0.6) is 0 Å². The molecule has 2 aromatic rings. The van der Waals surface area contributed by atoms with E-state index >= 15 is 0 Å². The van der Waals surface area contributed by atoms with Crippen LogP contribution in [0.4, 0.5) is 5.82 Å². The SMILES string of the molecule is Cc1nn(C)c(N(C)C)c1CNCc1ccc(Br)s1. The van der Waals surface area contributed by atoms with Crippen molar-refractivity contribution < 1.29 is 0 Å². The summed E-state index contributed by atoms with van der Waals surface area (Å²) in [6.45, 7) is 3.78. The molecule has 2 heterocycles. The first-order valence-electron chi connectivity index (χ1n) is 6.13. The first-order chi connectivity index (χ1) is 8.99. The summed E-state index contributed by atoms with van der Waals surface area (Å²) in [5, 5.41) is 7.98. The predicted octanol–water partition coefficient (Wildman–Crippen LogP) is 2.91. The van der Waals surface area contributed by atoms with Crippen LogP contribution >= 0.6 is 27.3 Å². The average molecular weight is 343 g/mol. The second-order valence-corrected chi connectivity index (χ2v) is 7.26. The molecule has 0 fully saturated rings. The van der Waals surface area contributed by atoms with Crippen LogP contribution in [-0.2, 0) is 20.1 Å². The van der Waals surface area contributed by atoms with Crippen LogP contribution in [0.3, 0.4) is 0 Å². The predicted molar refractivity (Wildman–Crippen MR) is 84.8 cm³/mol. The molecule has 0 aliphatic rings. The number of aryl methyl sites for hydroxylation is 2. The van der Waals surface area contributed by atoms with Gasteiger partial charge < -0.3 is 10.2 Å². The Balaban J connectivity index is 2.03. The molecule has 0 bridgehead atoms. The molecule has 0 aromatic carbocycles. The molecule has 0 unspecified atom stereocenters. The highest BCUT2D eigenvalue weighted by Gasteiger charge is 2.14. The number of thiophene rings is 1. The summed E-state index contributed by atoms with van der Waals surface area (Å²) in [5.41, 5.74) is 2.36. The van der Waals surface area contributed by atoms with E-state index in [-0.39, 0.29) is 0 Å². The van der Waals surface area contributed by atoms with E-state index in [1.54, 1.807) is 11.3 Å². The van der Waals surface area contributed by atoms with Crippen molar-refractivity contribution in [2.75, 3.05) is 19.0 Å². The summed E-state index contributed by atoms with van der Waals surface area (Å²) >= 11 is 5.25. The molecule has 0 spiro atoms. The number of anilines is 1. The zero-order chi connectivity index (χ0) is 14.0. The van der Waals surface area contributed by atoms with Crippen molar-refractivity contribution in [3.05, 3.63) is 32.1 Å². The number of aromatic nitrogens is 2. The van der Waals surface area contributed by atoms with Crippen molar-refractivity contribution in [1.82, 2.24) is 15.1 Å². The molecule has 0 saturated carbocycles. The van der Waals surface area contributed by atoms with Crippen molar-refractivity contribution in [1.29, 1.82) is 0 Å². The Morgan fingerprint density at radius 3 is 2.68 bits per heavy atom. The van der Waals surface area contributed by atoms with Gasteiger partial charge in [-0.05, 0) is 35.0 Å². The van der Waals surface area contributed by atoms with E-state index in [1.807, 2.05) is 11.7 Å². The summed E-state index contributed by atoms with van der Waals surface area (Å²) in [7, 11) is 6.09. The van der Waals surface area contributed by atoms with Crippen LogP contribution in [0, 0.1) is 6.92 Å². The van der Waals surface area contributed by atoms with Crippen molar-refractivity contribution >= 4 is 33.1 Å². The highest BCUT2D eigenvalue weighted by atomic mass is 79.9. The number of hydrogen-bond donors (Lipinski definition) is 1. The second-order valence-electron chi connectivity index (χ2n) is 4.71. The molecule has 1 N–H and O–H groups in total. The van der Waals surface area contributed by atoms with E-state index in [0.717, 1.165) is 24.6 Å². The lowest BCUT2D eigenvalue weighted by molar-refractivity contribution is 0.695. The van der Waals surface area contributed by atoms with Crippen LogP contribution in [0.2, 0.25) is 0 Å². The van der Waals surface area contributed by atoms with Crippen molar-refractivity contribution in [3.63, 3.8) is 0 Å². The topological polar surface area (TPSA) is 33.1 Å². The van der Waals surface area contributed by atoms with Gasteiger partial charge in [-0.25, -0.2) is 0 Å². The quantitative estimate of drug-likeness (QED) is 0.906. The third-order valence-electron chi connectivity index (χ3n) is 2.97. The molecule has 0 radical (unpaired) electrons. The summed E-state index contributed by atoms with van der Waals surface area (Å²) in [5.74, 6) is 1.16. The summed E-state index contributed by atoms with van der Waals surface area (Å²) in [4.78, 5) is 3.44. The maximum Gasteiger partial charge on any atom is 0.130 e. The van der Waals surface area contributed by atoms with E-state index in [9.17, 15) is 0 Å². The van der Waals surface area contributed by atoms with Gasteiger partial charge in [0.2, 0.25) is 0 Å². The first kappa shape index (κ1) is 14.6. The maximum absolute atomic E-state index is 4.49. The van der Waals surface area contributed by atoms with Gasteiger partial charge in [0.25, 0.3) is 0 Å². The normalized spacial score (nSPS) is 11.0. The molecular weight excluding hydrogens is 324 g/mol. The zero-order valence-corrected chi connectivity index (χ0v) is 14.1. The zero-order valence-electron chi connectivity index (χ0n) is 11.7. The monoisotopic (exact) mass is 342 g/mol. The number of nitrogens with zero attached hydrogens (tertiary/aromatic N) is 3. The number of rotatable bonds is 5. The van der Waals surface area contributed by atoms with Gasteiger partial charge in [-0.1, -0.05) is 0 Å². The van der Waals surface area contributed by atoms with Gasteiger partial charge >= 0.3 is 0 Å². The number of halogens is 1. The molecular formula is C13H19BrN4S. The van der Waals surface area contributed by atoms with Gasteiger partial charge in [0.1, 0.15) is 5.82 Å². The summed E-state index contributed by atoms with van der Waals surface area (Å²) in [6, 6.07) is 4.23. The van der Waals surface area contributed by atoms with Crippen LogP contribution in [0.25, 0.3) is 0 Å². The minimum atomic E-state index is 0.836. The Morgan fingerprint density at radius 2 is 2.11 bits per heavy atom. The number of nitrogens with one attached hydrogen (secondary N) is 1. The van der Waals surface area contributed by atoms with E-state index in [4.69, 9.17) is 0 Å². The molecule has 104 valence electrons. The van der Waals surface area contributed by atoms with Crippen LogP contribution < -0.4 is 10.2 Å². The third-order valence-corrected chi connectivity index (χ3v) is 4.59. The minimum absolute atomic E-state index is 0.836. The third kappa shape index (κ3) is 3.38. The van der Waals surface area contributed by atoms with Crippen LogP contribution in [0.15, 0.2) is 15.9 Å². The van der Waals surface area contributed by atoms with Gasteiger partial charge in [0.15, 0.2) is 0 Å². The van der Waals surface area contributed by atoms with E-state index in [2.05, 4.69) is 64.4 Å². The number of hydrogen-bond acceptors (Lipinski definition) is 4. The largest absolute Gasteiger partial charge is 0.363 e. The molecule has 0 aliphatic carbocycles. The standard InChI is InChI=1S/C13H19BrN4S/c1-9-11(13(17(2)3)18(4)16-9)8-15-7-10-5-6-12(14)19-10/h5-6,15H,7-8H2,1-4H3. The minimum Gasteiger partial charge on any atom is -0.363 e. The fourth-order valence-corrected chi connectivity index (χ4v) is 3.67. The molecule has 0 atom stereocenters. The lowest BCUT2D eigenvalue weighted by Gasteiger charge is -2.15. The highest BCUT2D eigenvalue weighted by Crippen LogP contribution is 2.23. The molecule has 0 saturated heterocycles. The Labute approximate surface area is 126 Å². The van der Waals surface area contributed by atoms with Crippen LogP contribution in [0.1, 0.15) is 16.1 Å². The maximum atomic E-state index is 4.49. The molecule has 4 nitrogen and oxygen atoms in total. The van der Waals surface area contributed by atoms with Crippen LogP contribution in [-0.4, -0.2) is 23.9 Å². The molecule has 2 aromatic heterocycles. The van der Waals surface area contributed by atoms with Crippen molar-refractivity contribution in [3.8, 4) is 0 Å². The molecule has 19 heavy (non-hydrogen) atoms. The second kappa shape index (κ2) is 6.07. The first-order valence-corrected chi connectivity index (χ1v) is 7.74. The fourth-order valence-electron chi connectivity index (χ4n) is 2.21. The Bertz CT molecular complexity index is 559. The summed E-state index contributed by atoms with van der Waals surface area (Å²) < 4.78 is 3.12. The summed E-state index contributed by atoms with van der Waals surface area (Å²) in [6.07, 6.45) is 0.